The first-order valence-electron chi connectivity index (χ1n) is 6.85. The van der Waals surface area contributed by atoms with Crippen molar-refractivity contribution >= 4 is 23.5 Å². The van der Waals surface area contributed by atoms with E-state index in [9.17, 15) is 9.59 Å². The average molecular weight is 312 g/mol. The summed E-state index contributed by atoms with van der Waals surface area (Å²) in [5, 5.41) is 9.39. The second-order valence-corrected chi connectivity index (χ2v) is 5.49. The molecule has 1 atom stereocenters. The first kappa shape index (κ1) is 15.6. The van der Waals surface area contributed by atoms with Gasteiger partial charge < -0.3 is 14.7 Å². The summed E-state index contributed by atoms with van der Waals surface area (Å²) >= 11 is 6.13. The zero-order chi connectivity index (χ0) is 15.4. The summed E-state index contributed by atoms with van der Waals surface area (Å²) in [5.41, 5.74) is 0.646. The minimum atomic E-state index is -0.880. The number of methoxy groups -OCH3 is 1. The van der Waals surface area contributed by atoms with Gasteiger partial charge in [0, 0.05) is 23.2 Å². The van der Waals surface area contributed by atoms with Crippen LogP contribution in [-0.2, 0) is 16.0 Å². The molecule has 2 rings (SSSR count). The second kappa shape index (κ2) is 6.80. The smallest absolute Gasteiger partial charge is 0.305 e. The number of amides is 1. The number of hydrogen-bond donors (Lipinski definition) is 1. The highest BCUT2D eigenvalue weighted by Crippen LogP contribution is 2.28. The van der Waals surface area contributed by atoms with E-state index in [0.29, 0.717) is 22.9 Å². The number of nitrogens with zero attached hydrogens (tertiary/aromatic N) is 1. The minimum absolute atomic E-state index is 0.00853. The predicted molar refractivity (Wildman–Crippen MR) is 78.7 cm³/mol. The third-order valence-electron chi connectivity index (χ3n) is 3.73. The van der Waals surface area contributed by atoms with Crippen molar-refractivity contribution in [2.45, 2.75) is 31.7 Å². The Morgan fingerprint density at radius 3 is 2.90 bits per heavy atom. The van der Waals surface area contributed by atoms with Gasteiger partial charge in [0.05, 0.1) is 20.0 Å². The molecule has 0 saturated carbocycles. The molecule has 5 nitrogen and oxygen atoms in total. The minimum Gasteiger partial charge on any atom is -0.496 e. The van der Waals surface area contributed by atoms with Crippen LogP contribution in [-0.4, -0.2) is 41.6 Å². The summed E-state index contributed by atoms with van der Waals surface area (Å²) in [4.78, 5) is 25.0. The van der Waals surface area contributed by atoms with Crippen molar-refractivity contribution < 1.29 is 19.4 Å². The predicted octanol–water partition coefficient (Wildman–Crippen LogP) is 2.36. The van der Waals surface area contributed by atoms with E-state index in [2.05, 4.69) is 0 Å². The standard InChI is InChI=1S/C15H18ClNO4/c1-21-13-6-2-5-12(16)11(13)9-14(18)17-7-3-4-10(17)8-15(19)20/h2,5-6,10H,3-4,7-9H2,1H3,(H,19,20). The topological polar surface area (TPSA) is 66.8 Å². The largest absolute Gasteiger partial charge is 0.496 e. The summed E-state index contributed by atoms with van der Waals surface area (Å²) < 4.78 is 5.23. The normalized spacial score (nSPS) is 17.8. The van der Waals surface area contributed by atoms with Gasteiger partial charge in [-0.05, 0) is 25.0 Å². The Morgan fingerprint density at radius 1 is 1.48 bits per heavy atom. The molecule has 0 aliphatic carbocycles. The van der Waals surface area contributed by atoms with Crippen LogP contribution in [0.3, 0.4) is 0 Å². The van der Waals surface area contributed by atoms with E-state index in [4.69, 9.17) is 21.4 Å². The number of carboxylic acid groups (broad SMARTS) is 1. The van der Waals surface area contributed by atoms with E-state index in [1.54, 1.807) is 23.1 Å². The molecule has 0 aromatic heterocycles. The highest BCUT2D eigenvalue weighted by Gasteiger charge is 2.30. The van der Waals surface area contributed by atoms with Crippen LogP contribution in [0.15, 0.2) is 18.2 Å². The van der Waals surface area contributed by atoms with Crippen LogP contribution in [0.2, 0.25) is 5.02 Å². The third-order valence-corrected chi connectivity index (χ3v) is 4.09. The fourth-order valence-corrected chi connectivity index (χ4v) is 2.96. The van der Waals surface area contributed by atoms with Gasteiger partial charge in [-0.3, -0.25) is 9.59 Å². The molecule has 114 valence electrons. The molecule has 1 unspecified atom stereocenters. The van der Waals surface area contributed by atoms with Crippen LogP contribution in [0.25, 0.3) is 0 Å². The molecular weight excluding hydrogens is 294 g/mol. The van der Waals surface area contributed by atoms with Crippen molar-refractivity contribution in [3.8, 4) is 5.75 Å². The fourth-order valence-electron chi connectivity index (χ4n) is 2.73. The fraction of sp³-hybridized carbons (Fsp3) is 0.467. The maximum absolute atomic E-state index is 12.4. The number of likely N-dealkylation sites (tertiary alicyclic amines) is 1. The molecule has 0 radical (unpaired) electrons. The van der Waals surface area contributed by atoms with Gasteiger partial charge in [-0.25, -0.2) is 0 Å². The van der Waals surface area contributed by atoms with Gasteiger partial charge in [-0.1, -0.05) is 17.7 Å². The quantitative estimate of drug-likeness (QED) is 0.906. The van der Waals surface area contributed by atoms with Gasteiger partial charge in [0.1, 0.15) is 5.75 Å². The monoisotopic (exact) mass is 311 g/mol. The molecule has 0 bridgehead atoms. The van der Waals surface area contributed by atoms with Crippen molar-refractivity contribution in [2.24, 2.45) is 0 Å². The summed E-state index contributed by atoms with van der Waals surface area (Å²) in [6, 6.07) is 5.01. The number of carbonyl (C=O) groups excluding carboxylic acids is 1. The zero-order valence-electron chi connectivity index (χ0n) is 11.8. The maximum atomic E-state index is 12.4. The van der Waals surface area contributed by atoms with Crippen LogP contribution in [0.4, 0.5) is 0 Å². The van der Waals surface area contributed by atoms with Crippen LogP contribution >= 0.6 is 11.6 Å². The number of ether oxygens (including phenoxy) is 1. The Hall–Kier alpha value is -1.75. The number of benzene rings is 1. The van der Waals surface area contributed by atoms with Gasteiger partial charge in [0.15, 0.2) is 0 Å². The Labute approximate surface area is 128 Å². The Kier molecular flexibility index (Phi) is 5.07. The summed E-state index contributed by atoms with van der Waals surface area (Å²) in [7, 11) is 1.53. The Morgan fingerprint density at radius 2 is 2.24 bits per heavy atom. The number of hydrogen-bond acceptors (Lipinski definition) is 3. The molecule has 1 amide bonds. The number of halogens is 1. The maximum Gasteiger partial charge on any atom is 0.305 e. The first-order chi connectivity index (χ1) is 10.0. The molecule has 6 heteroatoms. The lowest BCUT2D eigenvalue weighted by Crippen LogP contribution is -2.37. The van der Waals surface area contributed by atoms with E-state index in [-0.39, 0.29) is 24.8 Å². The van der Waals surface area contributed by atoms with Crippen LogP contribution in [0.5, 0.6) is 5.75 Å². The van der Waals surface area contributed by atoms with Crippen LogP contribution in [0.1, 0.15) is 24.8 Å². The van der Waals surface area contributed by atoms with Gasteiger partial charge in [0.25, 0.3) is 0 Å². The summed E-state index contributed by atoms with van der Waals surface area (Å²) in [6.07, 6.45) is 1.69. The summed E-state index contributed by atoms with van der Waals surface area (Å²) in [5.74, 6) is -0.412. The number of aliphatic carboxylic acids is 1. The van der Waals surface area contributed by atoms with Gasteiger partial charge >= 0.3 is 5.97 Å². The lowest BCUT2D eigenvalue weighted by atomic mass is 10.1. The second-order valence-electron chi connectivity index (χ2n) is 5.08. The van der Waals surface area contributed by atoms with E-state index in [1.807, 2.05) is 0 Å². The molecular formula is C15H18ClNO4. The third kappa shape index (κ3) is 3.67. The average Bonchev–Trinajstić information content (AvgIpc) is 2.88. The summed E-state index contributed by atoms with van der Waals surface area (Å²) in [6.45, 7) is 0.601. The molecule has 1 aliphatic heterocycles. The molecule has 1 fully saturated rings. The van der Waals surface area contributed by atoms with Crippen LogP contribution < -0.4 is 4.74 Å². The molecule has 21 heavy (non-hydrogen) atoms. The van der Waals surface area contributed by atoms with E-state index in [0.717, 1.165) is 12.8 Å². The first-order valence-corrected chi connectivity index (χ1v) is 7.23. The van der Waals surface area contributed by atoms with Crippen LogP contribution in [0, 0.1) is 0 Å². The Balaban J connectivity index is 2.12. The molecule has 0 spiro atoms. The molecule has 1 saturated heterocycles. The number of carboxylic acids is 1. The van der Waals surface area contributed by atoms with Crippen molar-refractivity contribution in [2.75, 3.05) is 13.7 Å². The van der Waals surface area contributed by atoms with E-state index < -0.39 is 5.97 Å². The highest BCUT2D eigenvalue weighted by molar-refractivity contribution is 6.31. The van der Waals surface area contributed by atoms with Gasteiger partial charge in [-0.2, -0.15) is 0 Å². The molecule has 1 N–H and O–H groups in total. The number of rotatable bonds is 5. The molecule has 1 aliphatic rings. The molecule has 1 aromatic rings. The van der Waals surface area contributed by atoms with Gasteiger partial charge in [0.2, 0.25) is 5.91 Å². The number of carbonyl (C=O) groups is 2. The lowest BCUT2D eigenvalue weighted by Gasteiger charge is -2.24. The molecule has 1 heterocycles. The van der Waals surface area contributed by atoms with Crippen molar-refractivity contribution in [3.63, 3.8) is 0 Å². The van der Waals surface area contributed by atoms with Crippen molar-refractivity contribution in [1.82, 2.24) is 4.90 Å². The van der Waals surface area contributed by atoms with Crippen molar-refractivity contribution in [1.29, 1.82) is 0 Å². The zero-order valence-corrected chi connectivity index (χ0v) is 12.6. The highest BCUT2D eigenvalue weighted by atomic mass is 35.5. The SMILES string of the molecule is COc1cccc(Cl)c1CC(=O)N1CCCC1CC(=O)O. The lowest BCUT2D eigenvalue weighted by molar-refractivity contribution is -0.139. The Bertz CT molecular complexity index is 546. The molecule has 1 aromatic carbocycles. The van der Waals surface area contributed by atoms with E-state index in [1.165, 1.54) is 7.11 Å². The van der Waals surface area contributed by atoms with E-state index >= 15 is 0 Å². The van der Waals surface area contributed by atoms with Gasteiger partial charge in [-0.15, -0.1) is 0 Å². The van der Waals surface area contributed by atoms with Crippen molar-refractivity contribution in [3.05, 3.63) is 28.8 Å².